The van der Waals surface area contributed by atoms with E-state index in [1.807, 2.05) is 0 Å². The number of allylic oxidation sites excluding steroid dienone is 1. The Kier molecular flexibility index (Phi) is 4.16. The number of furan rings is 1. The van der Waals surface area contributed by atoms with Gasteiger partial charge in [-0.3, -0.25) is 9.59 Å². The van der Waals surface area contributed by atoms with Crippen LogP contribution in [0.5, 0.6) is 5.75 Å². The third kappa shape index (κ3) is 2.59. The molecular weight excluding hydrogens is 366 g/mol. The van der Waals surface area contributed by atoms with Crippen LogP contribution in [0.1, 0.15) is 11.7 Å². The van der Waals surface area contributed by atoms with E-state index in [0.29, 0.717) is 17.2 Å². The number of fused-ring (bicyclic) bond motifs is 1. The average Bonchev–Trinajstić information content (AvgIpc) is 3.29. The zero-order valence-corrected chi connectivity index (χ0v) is 15.1. The molecule has 1 aromatic heterocycles. The Morgan fingerprint density at radius 2 is 1.96 bits per heavy atom. The van der Waals surface area contributed by atoms with Crippen molar-refractivity contribution in [3.8, 4) is 11.8 Å². The number of amides is 2. The van der Waals surface area contributed by atoms with Crippen LogP contribution in [0.2, 0.25) is 0 Å². The Labute approximate surface area is 159 Å². The van der Waals surface area contributed by atoms with Gasteiger partial charge in [-0.15, -0.1) is 0 Å². The quantitative estimate of drug-likeness (QED) is 0.813. The summed E-state index contributed by atoms with van der Waals surface area (Å²) >= 11 is 1.07. The molecule has 0 bridgehead atoms. The van der Waals surface area contributed by atoms with E-state index in [1.165, 1.54) is 13.4 Å². The van der Waals surface area contributed by atoms with Crippen molar-refractivity contribution >= 4 is 29.3 Å². The van der Waals surface area contributed by atoms with Crippen LogP contribution in [0.4, 0.5) is 5.69 Å². The fourth-order valence-corrected chi connectivity index (χ4v) is 4.74. The molecule has 3 heterocycles. The lowest BCUT2D eigenvalue weighted by molar-refractivity contribution is -0.122. The van der Waals surface area contributed by atoms with Crippen molar-refractivity contribution in [2.24, 2.45) is 11.7 Å². The molecule has 1 fully saturated rings. The summed E-state index contributed by atoms with van der Waals surface area (Å²) in [6.45, 7) is 0. The molecule has 2 aliphatic rings. The number of hydrogen-bond acceptors (Lipinski definition) is 7. The molecule has 136 valence electrons. The Bertz CT molecular complexity index is 975. The topological polar surface area (TPSA) is 110 Å². The summed E-state index contributed by atoms with van der Waals surface area (Å²) in [5, 5.41) is 9.12. The number of carbonyl (C=O) groups is 2. The molecule has 7 nitrogen and oxygen atoms in total. The van der Waals surface area contributed by atoms with Gasteiger partial charge in [0.05, 0.1) is 47.6 Å². The molecule has 0 radical (unpaired) electrons. The number of imide groups is 1. The predicted octanol–water partition coefficient (Wildman–Crippen LogP) is 2.37. The van der Waals surface area contributed by atoms with Gasteiger partial charge in [0.1, 0.15) is 16.8 Å². The number of nitriles is 1. The molecule has 1 aromatic carbocycles. The van der Waals surface area contributed by atoms with E-state index in [4.69, 9.17) is 14.9 Å². The first-order chi connectivity index (χ1) is 13.1. The molecule has 3 unspecified atom stereocenters. The molecular formula is C19H15N3O4S. The van der Waals surface area contributed by atoms with Crippen LogP contribution < -0.4 is 15.4 Å². The van der Waals surface area contributed by atoms with Crippen molar-refractivity contribution in [2.75, 3.05) is 12.0 Å². The van der Waals surface area contributed by atoms with Crippen LogP contribution >= 0.6 is 11.8 Å². The predicted molar refractivity (Wildman–Crippen MR) is 98.6 cm³/mol. The highest BCUT2D eigenvalue weighted by Crippen LogP contribution is 2.50. The highest BCUT2D eigenvalue weighted by atomic mass is 32.2. The number of thioether (sulfide) groups is 1. The summed E-state index contributed by atoms with van der Waals surface area (Å²) in [5.74, 6) is -1.09. The van der Waals surface area contributed by atoms with Gasteiger partial charge in [0.2, 0.25) is 11.8 Å². The molecule has 0 aliphatic carbocycles. The molecule has 1 saturated heterocycles. The highest BCUT2D eigenvalue weighted by molar-refractivity contribution is 8.04. The van der Waals surface area contributed by atoms with Crippen LogP contribution in [0.15, 0.2) is 57.7 Å². The fourth-order valence-electron chi connectivity index (χ4n) is 3.54. The van der Waals surface area contributed by atoms with Crippen molar-refractivity contribution in [1.29, 1.82) is 5.26 Å². The Balaban J connectivity index is 1.78. The summed E-state index contributed by atoms with van der Waals surface area (Å²) in [7, 11) is 1.54. The first-order valence-electron chi connectivity index (χ1n) is 8.18. The number of rotatable bonds is 3. The molecule has 4 rings (SSSR count). The van der Waals surface area contributed by atoms with Crippen molar-refractivity contribution in [3.05, 3.63) is 59.0 Å². The van der Waals surface area contributed by atoms with E-state index < -0.39 is 17.1 Å². The number of methoxy groups -OCH3 is 1. The van der Waals surface area contributed by atoms with Gasteiger partial charge in [-0.05, 0) is 36.4 Å². The average molecular weight is 381 g/mol. The van der Waals surface area contributed by atoms with E-state index in [9.17, 15) is 14.9 Å². The molecule has 2 N–H and O–H groups in total. The molecule has 3 atom stereocenters. The molecule has 0 saturated carbocycles. The van der Waals surface area contributed by atoms with Gasteiger partial charge in [-0.25, -0.2) is 4.90 Å². The first-order valence-corrected chi connectivity index (χ1v) is 9.06. The van der Waals surface area contributed by atoms with E-state index in [1.54, 1.807) is 36.4 Å². The molecule has 27 heavy (non-hydrogen) atoms. The van der Waals surface area contributed by atoms with Gasteiger partial charge in [0.25, 0.3) is 0 Å². The number of nitrogens with zero attached hydrogens (tertiary/aromatic N) is 2. The zero-order valence-electron chi connectivity index (χ0n) is 14.3. The monoisotopic (exact) mass is 381 g/mol. The lowest BCUT2D eigenvalue weighted by Gasteiger charge is -2.28. The number of hydrogen-bond donors (Lipinski definition) is 1. The van der Waals surface area contributed by atoms with Gasteiger partial charge in [0, 0.05) is 0 Å². The minimum Gasteiger partial charge on any atom is -0.497 e. The Hall–Kier alpha value is -3.18. The van der Waals surface area contributed by atoms with Gasteiger partial charge < -0.3 is 14.9 Å². The summed E-state index contributed by atoms with van der Waals surface area (Å²) in [4.78, 5) is 27.4. The Morgan fingerprint density at radius 1 is 1.22 bits per heavy atom. The van der Waals surface area contributed by atoms with Crippen molar-refractivity contribution in [2.45, 2.75) is 11.2 Å². The van der Waals surface area contributed by atoms with Crippen LogP contribution in [-0.2, 0) is 9.59 Å². The van der Waals surface area contributed by atoms with Gasteiger partial charge in [-0.1, -0.05) is 11.8 Å². The zero-order chi connectivity index (χ0) is 19.1. The van der Waals surface area contributed by atoms with E-state index in [0.717, 1.165) is 16.7 Å². The minimum atomic E-state index is -0.752. The molecule has 2 amide bonds. The number of benzene rings is 1. The third-order valence-corrected chi connectivity index (χ3v) is 6.01. The van der Waals surface area contributed by atoms with Crippen LogP contribution in [0.25, 0.3) is 0 Å². The summed E-state index contributed by atoms with van der Waals surface area (Å²) in [6, 6.07) is 12.1. The number of ether oxygens (including phenoxy) is 1. The maximum Gasteiger partial charge on any atom is 0.248 e. The lowest BCUT2D eigenvalue weighted by Crippen LogP contribution is -2.33. The first kappa shape index (κ1) is 17.2. The lowest BCUT2D eigenvalue weighted by atomic mass is 9.82. The number of nitrogens with two attached hydrogens (primary N) is 1. The molecule has 2 aliphatic heterocycles. The number of carbonyl (C=O) groups excluding carboxylic acids is 2. The van der Waals surface area contributed by atoms with Crippen molar-refractivity contribution in [3.63, 3.8) is 0 Å². The van der Waals surface area contributed by atoms with E-state index in [2.05, 4.69) is 6.07 Å². The van der Waals surface area contributed by atoms with E-state index >= 15 is 0 Å². The van der Waals surface area contributed by atoms with Crippen LogP contribution in [-0.4, -0.2) is 24.2 Å². The van der Waals surface area contributed by atoms with Crippen molar-refractivity contribution < 1.29 is 18.7 Å². The maximum atomic E-state index is 13.2. The SMILES string of the molecule is COc1ccc(N2C(=O)C3SC(N)=C(C#N)C(c4ccco4)C3C2=O)cc1. The summed E-state index contributed by atoms with van der Waals surface area (Å²) in [6.07, 6.45) is 1.47. The largest absolute Gasteiger partial charge is 0.497 e. The second-order valence-corrected chi connectivity index (χ2v) is 7.34. The third-order valence-electron chi connectivity index (χ3n) is 4.79. The minimum absolute atomic E-state index is 0.248. The van der Waals surface area contributed by atoms with Crippen molar-refractivity contribution in [1.82, 2.24) is 0 Å². The summed E-state index contributed by atoms with van der Waals surface area (Å²) in [5.41, 5.74) is 6.76. The van der Waals surface area contributed by atoms with Crippen LogP contribution in [0.3, 0.4) is 0 Å². The smallest absolute Gasteiger partial charge is 0.248 e. The fraction of sp³-hybridized carbons (Fsp3) is 0.211. The second-order valence-electron chi connectivity index (χ2n) is 6.16. The molecule has 2 aromatic rings. The normalized spacial score (nSPS) is 24.7. The highest BCUT2D eigenvalue weighted by Gasteiger charge is 2.56. The molecule has 0 spiro atoms. The maximum absolute atomic E-state index is 13.2. The van der Waals surface area contributed by atoms with Gasteiger partial charge >= 0.3 is 0 Å². The number of anilines is 1. The van der Waals surface area contributed by atoms with Gasteiger partial charge in [-0.2, -0.15) is 5.26 Å². The summed E-state index contributed by atoms with van der Waals surface area (Å²) < 4.78 is 10.6. The van der Waals surface area contributed by atoms with Crippen LogP contribution in [0, 0.1) is 17.2 Å². The standard InChI is InChI=1S/C19H15N3O4S/c1-25-11-6-4-10(5-7-11)22-18(23)15-14(13-3-2-8-26-13)12(9-20)17(21)27-16(15)19(22)24/h2-8,14-16H,21H2,1H3. The second kappa shape index (κ2) is 6.52. The molecule has 8 heteroatoms. The Morgan fingerprint density at radius 3 is 2.56 bits per heavy atom. The van der Waals surface area contributed by atoms with Gasteiger partial charge in [0.15, 0.2) is 0 Å². The van der Waals surface area contributed by atoms with E-state index in [-0.39, 0.29) is 22.4 Å².